The maximum atomic E-state index is 11.8. The molecular formula is C15H26B2N4O8. The number of ether oxygens (including phenoxy) is 3. The average Bonchev–Trinajstić information content (AvgIpc) is 3.01. The molecule has 2 aliphatic heterocycles. The monoisotopic (exact) mass is 412 g/mol. The highest BCUT2D eigenvalue weighted by atomic mass is 16.8. The van der Waals surface area contributed by atoms with E-state index in [1.54, 1.807) is 13.0 Å². The number of carbonyl (C=O) groups excluding carboxylic acids is 2. The van der Waals surface area contributed by atoms with E-state index in [0.29, 0.717) is 5.76 Å². The zero-order valence-corrected chi connectivity index (χ0v) is 16.7. The van der Waals surface area contributed by atoms with Crippen molar-refractivity contribution in [2.75, 3.05) is 6.61 Å². The Morgan fingerprint density at radius 2 is 2.00 bits per heavy atom. The van der Waals surface area contributed by atoms with E-state index in [2.05, 4.69) is 20.8 Å². The lowest BCUT2D eigenvalue weighted by atomic mass is 9.87. The molecule has 0 radical (unpaired) electrons. The summed E-state index contributed by atoms with van der Waals surface area (Å²) in [6.45, 7) is 5.72. The number of hydrogen-bond donors (Lipinski definition) is 6. The van der Waals surface area contributed by atoms with Crippen molar-refractivity contribution in [1.29, 1.82) is 0 Å². The first-order valence-electron chi connectivity index (χ1n) is 9.17. The van der Waals surface area contributed by atoms with Crippen LogP contribution in [0.15, 0.2) is 16.7 Å². The standard InChI is InChI=1S/C15H26B2N4O8/c1-7-5-9(19-14(20-16(3)25)21-17(4)26)11(18-8(2)22)13(28-7)12(23)10-6-27-15(24)29-10/h5,9-13,23,25-26H,6H2,1-4H3,(H,18,22)(H2,19,20,21)/t9-,10?,11+,12+,13+/m0/s1. The molecule has 0 saturated carbocycles. The summed E-state index contributed by atoms with van der Waals surface area (Å²) in [7, 11) is -2.04. The van der Waals surface area contributed by atoms with Crippen molar-refractivity contribution in [3.63, 3.8) is 0 Å². The Kier molecular flexibility index (Phi) is 7.76. The molecule has 0 aromatic carbocycles. The molecule has 0 aromatic heterocycles. The number of nitrogens with one attached hydrogen (secondary N) is 3. The molecule has 5 atom stereocenters. The van der Waals surface area contributed by atoms with E-state index in [-0.39, 0.29) is 18.5 Å². The van der Waals surface area contributed by atoms with Crippen LogP contribution in [0.25, 0.3) is 0 Å². The minimum atomic E-state index is -1.30. The van der Waals surface area contributed by atoms with Gasteiger partial charge in [0.15, 0.2) is 18.2 Å². The van der Waals surface area contributed by atoms with Crippen LogP contribution < -0.4 is 15.9 Å². The fourth-order valence-electron chi connectivity index (χ4n) is 3.09. The number of aliphatic hydroxyl groups excluding tert-OH is 1. The maximum Gasteiger partial charge on any atom is 0.508 e. The SMILES string of the molecule is CB(O)/N=C(/NB(C)O)N[C@H]1C=C(C)O[C@@H]([C@H](O)C2COC(=O)O2)[C@@H]1NC(C)=O. The van der Waals surface area contributed by atoms with Crippen molar-refractivity contribution < 1.29 is 39.0 Å². The van der Waals surface area contributed by atoms with Gasteiger partial charge in [-0.3, -0.25) is 9.70 Å². The van der Waals surface area contributed by atoms with Crippen LogP contribution in [-0.4, -0.2) is 84.3 Å². The summed E-state index contributed by atoms with van der Waals surface area (Å²) < 4.78 is 15.4. The first-order valence-corrected chi connectivity index (χ1v) is 9.17. The molecule has 160 valence electrons. The molecule has 6 N–H and O–H groups in total. The third kappa shape index (κ3) is 6.54. The summed E-state index contributed by atoms with van der Waals surface area (Å²) in [4.78, 5) is 27.0. The minimum Gasteiger partial charge on any atom is -0.490 e. The normalized spacial score (nSPS) is 27.6. The van der Waals surface area contributed by atoms with E-state index < -0.39 is 50.7 Å². The number of allylic oxidation sites excluding steroid dienone is 1. The predicted octanol–water partition coefficient (Wildman–Crippen LogP) is -2.19. The third-order valence-corrected chi connectivity index (χ3v) is 4.14. The van der Waals surface area contributed by atoms with Gasteiger partial charge in [0.25, 0.3) is 0 Å². The third-order valence-electron chi connectivity index (χ3n) is 4.14. The lowest BCUT2D eigenvalue weighted by molar-refractivity contribution is -0.124. The van der Waals surface area contributed by atoms with E-state index >= 15 is 0 Å². The summed E-state index contributed by atoms with van der Waals surface area (Å²) in [5.74, 6) is 0.129. The van der Waals surface area contributed by atoms with Gasteiger partial charge in [0, 0.05) is 6.92 Å². The van der Waals surface area contributed by atoms with Gasteiger partial charge >= 0.3 is 20.3 Å². The molecule has 1 saturated heterocycles. The van der Waals surface area contributed by atoms with Gasteiger partial charge < -0.3 is 45.2 Å². The van der Waals surface area contributed by atoms with Crippen molar-refractivity contribution in [1.82, 2.24) is 15.9 Å². The van der Waals surface area contributed by atoms with Crippen LogP contribution in [-0.2, 0) is 19.0 Å². The van der Waals surface area contributed by atoms with Crippen LogP contribution in [0.3, 0.4) is 0 Å². The smallest absolute Gasteiger partial charge is 0.490 e. The first-order chi connectivity index (χ1) is 13.6. The second kappa shape index (κ2) is 9.85. The van der Waals surface area contributed by atoms with E-state index in [4.69, 9.17) is 14.2 Å². The first kappa shape index (κ1) is 22.8. The lowest BCUT2D eigenvalue weighted by Gasteiger charge is -2.40. The Morgan fingerprint density at radius 1 is 1.31 bits per heavy atom. The molecular weight excluding hydrogens is 386 g/mol. The summed E-state index contributed by atoms with van der Waals surface area (Å²) in [6, 6.07) is -1.45. The second-order valence-electron chi connectivity index (χ2n) is 6.89. The topological polar surface area (TPSA) is 171 Å². The zero-order chi connectivity index (χ0) is 21.7. The molecule has 2 aliphatic rings. The van der Waals surface area contributed by atoms with E-state index in [9.17, 15) is 24.7 Å². The molecule has 1 fully saturated rings. The van der Waals surface area contributed by atoms with Crippen LogP contribution in [0.2, 0.25) is 13.6 Å². The van der Waals surface area contributed by atoms with E-state index in [1.165, 1.54) is 20.6 Å². The molecule has 14 heteroatoms. The van der Waals surface area contributed by atoms with Crippen molar-refractivity contribution in [2.24, 2.45) is 4.90 Å². The Morgan fingerprint density at radius 3 is 2.52 bits per heavy atom. The Balaban J connectivity index is 2.29. The van der Waals surface area contributed by atoms with Crippen LogP contribution in [0.1, 0.15) is 13.8 Å². The number of nitrogens with zero attached hydrogens (tertiary/aromatic N) is 1. The van der Waals surface area contributed by atoms with Crippen LogP contribution >= 0.6 is 0 Å². The van der Waals surface area contributed by atoms with Gasteiger partial charge in [-0.05, 0) is 26.6 Å². The number of rotatable bonds is 6. The quantitative estimate of drug-likeness (QED) is 0.122. The van der Waals surface area contributed by atoms with Crippen molar-refractivity contribution in [3.8, 4) is 0 Å². The highest BCUT2D eigenvalue weighted by Crippen LogP contribution is 2.25. The van der Waals surface area contributed by atoms with Gasteiger partial charge in [-0.2, -0.15) is 0 Å². The van der Waals surface area contributed by atoms with E-state index in [1.807, 2.05) is 0 Å². The molecule has 0 aromatic rings. The van der Waals surface area contributed by atoms with Crippen LogP contribution in [0.4, 0.5) is 4.79 Å². The number of amides is 1. The Bertz CT molecular complexity index is 675. The molecule has 0 aliphatic carbocycles. The highest BCUT2D eigenvalue weighted by Gasteiger charge is 2.45. The minimum absolute atomic E-state index is 0.0742. The maximum absolute atomic E-state index is 11.8. The Hall–Kier alpha value is -2.44. The van der Waals surface area contributed by atoms with Gasteiger partial charge in [0.05, 0.1) is 17.8 Å². The Labute approximate surface area is 168 Å². The van der Waals surface area contributed by atoms with E-state index in [0.717, 1.165) is 0 Å². The molecule has 2 rings (SSSR count). The van der Waals surface area contributed by atoms with Gasteiger partial charge in [-0.1, -0.05) is 0 Å². The van der Waals surface area contributed by atoms with Gasteiger partial charge in [0.1, 0.15) is 12.7 Å². The molecule has 2 heterocycles. The van der Waals surface area contributed by atoms with Crippen LogP contribution in [0, 0.1) is 0 Å². The number of aliphatic hydroxyl groups is 1. The summed E-state index contributed by atoms with van der Waals surface area (Å²) >= 11 is 0. The highest BCUT2D eigenvalue weighted by molar-refractivity contribution is 6.52. The van der Waals surface area contributed by atoms with Crippen molar-refractivity contribution in [3.05, 3.63) is 11.8 Å². The number of guanidine groups is 1. The second-order valence-corrected chi connectivity index (χ2v) is 6.89. The van der Waals surface area contributed by atoms with Crippen molar-refractivity contribution in [2.45, 2.75) is 57.9 Å². The molecule has 29 heavy (non-hydrogen) atoms. The number of cyclic esters (lactones) is 2. The largest absolute Gasteiger partial charge is 0.508 e. The molecule has 1 amide bonds. The molecule has 12 nitrogen and oxygen atoms in total. The average molecular weight is 412 g/mol. The molecule has 1 unspecified atom stereocenters. The zero-order valence-electron chi connectivity index (χ0n) is 16.7. The predicted molar refractivity (Wildman–Crippen MR) is 104 cm³/mol. The molecule has 0 spiro atoms. The fourth-order valence-corrected chi connectivity index (χ4v) is 3.09. The summed E-state index contributed by atoms with van der Waals surface area (Å²) in [6.07, 6.45) is -2.48. The molecule has 0 bridgehead atoms. The van der Waals surface area contributed by atoms with Crippen molar-refractivity contribution >= 4 is 32.1 Å². The summed E-state index contributed by atoms with van der Waals surface area (Å²) in [5, 5.41) is 38.3. The van der Waals surface area contributed by atoms with Gasteiger partial charge in [-0.25, -0.2) is 4.79 Å². The van der Waals surface area contributed by atoms with Gasteiger partial charge in [0.2, 0.25) is 5.91 Å². The lowest BCUT2D eigenvalue weighted by Crippen LogP contribution is -2.64. The number of hydrogen-bond acceptors (Lipinski definition) is 9. The fraction of sp³-hybridized carbons (Fsp3) is 0.667. The summed E-state index contributed by atoms with van der Waals surface area (Å²) in [5.41, 5.74) is 0. The number of carbonyl (C=O) groups is 2. The van der Waals surface area contributed by atoms with Gasteiger partial charge in [-0.15, -0.1) is 0 Å². The van der Waals surface area contributed by atoms with Crippen LogP contribution in [0.5, 0.6) is 0 Å².